The largest absolute Gasteiger partial charge is 0.384 e. The van der Waals surface area contributed by atoms with Crippen molar-refractivity contribution in [1.82, 2.24) is 10.1 Å². The van der Waals surface area contributed by atoms with Crippen molar-refractivity contribution in [1.29, 1.82) is 0 Å². The van der Waals surface area contributed by atoms with Crippen molar-refractivity contribution in [3.05, 3.63) is 36.0 Å². The Balaban J connectivity index is 2.06. The molecule has 2 rings (SSSR count). The van der Waals surface area contributed by atoms with Gasteiger partial charge in [-0.15, -0.1) is 0 Å². The maximum Gasteiger partial charge on any atom is 0.223 e. The van der Waals surface area contributed by atoms with Crippen LogP contribution in [0.25, 0.3) is 0 Å². The van der Waals surface area contributed by atoms with Crippen molar-refractivity contribution in [2.24, 2.45) is 0 Å². The van der Waals surface area contributed by atoms with E-state index >= 15 is 0 Å². The summed E-state index contributed by atoms with van der Waals surface area (Å²) in [7, 11) is -3.24. The van der Waals surface area contributed by atoms with E-state index in [1.165, 1.54) is 0 Å². The number of benzene rings is 1. The topological polar surface area (TPSA) is 85.1 Å². The summed E-state index contributed by atoms with van der Waals surface area (Å²) in [6, 6.07) is 6.94. The van der Waals surface area contributed by atoms with Gasteiger partial charge >= 0.3 is 0 Å². The molecule has 1 heterocycles. The monoisotopic (exact) mass is 309 g/mol. The first-order valence-electron chi connectivity index (χ1n) is 6.88. The summed E-state index contributed by atoms with van der Waals surface area (Å²) >= 11 is 0. The van der Waals surface area contributed by atoms with Gasteiger partial charge in [0.25, 0.3) is 0 Å². The lowest BCUT2D eigenvalue weighted by Gasteiger charge is -2.11. The standard InChI is InChI=1S/C14H19N3O3S/c1-3-10-21(18,19)13-7-5-4-6-12(13)15-9-8-14-16-11(2)20-17-14/h4-7,15H,3,8-10H2,1-2H3. The van der Waals surface area contributed by atoms with Gasteiger partial charge in [-0.1, -0.05) is 24.2 Å². The predicted molar refractivity (Wildman–Crippen MR) is 80.0 cm³/mol. The van der Waals surface area contributed by atoms with Gasteiger partial charge in [0, 0.05) is 19.9 Å². The zero-order valence-electron chi connectivity index (χ0n) is 12.2. The van der Waals surface area contributed by atoms with Crippen molar-refractivity contribution >= 4 is 15.5 Å². The Bertz CT molecular complexity index is 695. The molecule has 0 amide bonds. The molecule has 2 aromatic rings. The lowest BCUT2D eigenvalue weighted by Crippen LogP contribution is -2.12. The number of rotatable bonds is 7. The third-order valence-corrected chi connectivity index (χ3v) is 4.90. The van der Waals surface area contributed by atoms with E-state index in [1.807, 2.05) is 13.0 Å². The molecule has 114 valence electrons. The molecule has 0 unspecified atom stereocenters. The molecular weight excluding hydrogens is 290 g/mol. The van der Waals surface area contributed by atoms with Gasteiger partial charge in [0.1, 0.15) is 0 Å². The van der Waals surface area contributed by atoms with E-state index in [9.17, 15) is 8.42 Å². The van der Waals surface area contributed by atoms with Crippen molar-refractivity contribution in [2.45, 2.75) is 31.6 Å². The normalized spacial score (nSPS) is 11.5. The number of hydrogen-bond donors (Lipinski definition) is 1. The van der Waals surface area contributed by atoms with Crippen LogP contribution >= 0.6 is 0 Å². The van der Waals surface area contributed by atoms with E-state index in [1.54, 1.807) is 25.1 Å². The molecule has 1 aromatic heterocycles. The second kappa shape index (κ2) is 6.71. The number of hydrogen-bond acceptors (Lipinski definition) is 6. The van der Waals surface area contributed by atoms with Gasteiger partial charge in [-0.3, -0.25) is 0 Å². The van der Waals surface area contributed by atoms with E-state index < -0.39 is 9.84 Å². The van der Waals surface area contributed by atoms with Crippen LogP contribution in [0.3, 0.4) is 0 Å². The quantitative estimate of drug-likeness (QED) is 0.844. The van der Waals surface area contributed by atoms with Crippen LogP contribution in [-0.4, -0.2) is 30.9 Å². The zero-order valence-corrected chi connectivity index (χ0v) is 13.0. The summed E-state index contributed by atoms with van der Waals surface area (Å²) in [6.45, 7) is 4.13. The number of para-hydroxylation sites is 1. The SMILES string of the molecule is CCCS(=O)(=O)c1ccccc1NCCc1noc(C)n1. The minimum absolute atomic E-state index is 0.149. The second-order valence-electron chi connectivity index (χ2n) is 4.72. The molecule has 0 radical (unpaired) electrons. The van der Waals surface area contributed by atoms with E-state index in [0.717, 1.165) is 0 Å². The Kier molecular flexibility index (Phi) is 4.95. The molecule has 0 saturated heterocycles. The summed E-state index contributed by atoms with van der Waals surface area (Å²) in [6.07, 6.45) is 1.16. The molecule has 0 bridgehead atoms. The lowest BCUT2D eigenvalue weighted by molar-refractivity contribution is 0.387. The summed E-state index contributed by atoms with van der Waals surface area (Å²) in [5.41, 5.74) is 0.617. The average molecular weight is 309 g/mol. The van der Waals surface area contributed by atoms with Crippen molar-refractivity contribution in [3.8, 4) is 0 Å². The van der Waals surface area contributed by atoms with E-state index in [-0.39, 0.29) is 5.75 Å². The number of nitrogens with zero attached hydrogens (tertiary/aromatic N) is 2. The number of sulfone groups is 1. The third kappa shape index (κ3) is 4.04. The number of anilines is 1. The predicted octanol–water partition coefficient (Wildman–Crippen LogP) is 2.22. The summed E-state index contributed by atoms with van der Waals surface area (Å²) in [5, 5.41) is 6.94. The highest BCUT2D eigenvalue weighted by molar-refractivity contribution is 7.91. The Labute approximate surface area is 124 Å². The second-order valence-corrected chi connectivity index (χ2v) is 6.80. The van der Waals surface area contributed by atoms with Gasteiger partial charge in [0.05, 0.1) is 16.3 Å². The molecule has 21 heavy (non-hydrogen) atoms. The minimum atomic E-state index is -3.24. The molecular formula is C14H19N3O3S. The number of nitrogens with one attached hydrogen (secondary N) is 1. The van der Waals surface area contributed by atoms with Gasteiger partial charge in [0.15, 0.2) is 15.7 Å². The Morgan fingerprint density at radius 3 is 2.71 bits per heavy atom. The molecule has 1 N–H and O–H groups in total. The van der Waals surface area contributed by atoms with Gasteiger partial charge in [-0.05, 0) is 18.6 Å². The van der Waals surface area contributed by atoms with Gasteiger partial charge in [-0.25, -0.2) is 8.42 Å². The van der Waals surface area contributed by atoms with Crippen LogP contribution in [0.5, 0.6) is 0 Å². The molecule has 6 nitrogen and oxygen atoms in total. The van der Waals surface area contributed by atoms with Crippen LogP contribution in [0, 0.1) is 6.92 Å². The maximum absolute atomic E-state index is 12.2. The maximum atomic E-state index is 12.2. The fourth-order valence-corrected chi connectivity index (χ4v) is 3.53. The van der Waals surface area contributed by atoms with E-state index in [0.29, 0.717) is 41.7 Å². The molecule has 0 aliphatic carbocycles. The average Bonchev–Trinajstić information content (AvgIpc) is 2.85. The van der Waals surface area contributed by atoms with Crippen LogP contribution < -0.4 is 5.32 Å². The molecule has 0 fully saturated rings. The highest BCUT2D eigenvalue weighted by Gasteiger charge is 2.17. The van der Waals surface area contributed by atoms with Crippen molar-refractivity contribution in [3.63, 3.8) is 0 Å². The molecule has 0 aliphatic rings. The summed E-state index contributed by atoms with van der Waals surface area (Å²) in [4.78, 5) is 4.45. The number of aryl methyl sites for hydroxylation is 1. The first-order valence-corrected chi connectivity index (χ1v) is 8.53. The Hall–Kier alpha value is -1.89. The highest BCUT2D eigenvalue weighted by atomic mass is 32.2. The van der Waals surface area contributed by atoms with Crippen LogP contribution in [0.15, 0.2) is 33.7 Å². The third-order valence-electron chi connectivity index (χ3n) is 2.93. The zero-order chi connectivity index (χ0) is 15.3. The summed E-state index contributed by atoms with van der Waals surface area (Å²) < 4.78 is 29.3. The lowest BCUT2D eigenvalue weighted by atomic mass is 10.3. The minimum Gasteiger partial charge on any atom is -0.384 e. The molecule has 1 aromatic carbocycles. The molecule has 7 heteroatoms. The first-order chi connectivity index (χ1) is 10.0. The Morgan fingerprint density at radius 1 is 1.29 bits per heavy atom. The summed E-state index contributed by atoms with van der Waals surface area (Å²) in [5.74, 6) is 1.28. The van der Waals surface area contributed by atoms with Crippen LogP contribution in [0.1, 0.15) is 25.1 Å². The fraction of sp³-hybridized carbons (Fsp3) is 0.429. The van der Waals surface area contributed by atoms with Crippen LogP contribution in [0.4, 0.5) is 5.69 Å². The van der Waals surface area contributed by atoms with Crippen molar-refractivity contribution < 1.29 is 12.9 Å². The van der Waals surface area contributed by atoms with Gasteiger partial charge < -0.3 is 9.84 Å². The van der Waals surface area contributed by atoms with Crippen LogP contribution in [-0.2, 0) is 16.3 Å². The smallest absolute Gasteiger partial charge is 0.223 e. The van der Waals surface area contributed by atoms with Gasteiger partial charge in [0.2, 0.25) is 5.89 Å². The number of aromatic nitrogens is 2. The fourth-order valence-electron chi connectivity index (χ4n) is 2.01. The highest BCUT2D eigenvalue weighted by Crippen LogP contribution is 2.22. The van der Waals surface area contributed by atoms with E-state index in [4.69, 9.17) is 4.52 Å². The van der Waals surface area contributed by atoms with Gasteiger partial charge in [-0.2, -0.15) is 4.98 Å². The molecule has 0 saturated carbocycles. The van der Waals surface area contributed by atoms with Crippen LogP contribution in [0.2, 0.25) is 0 Å². The van der Waals surface area contributed by atoms with E-state index in [2.05, 4.69) is 15.5 Å². The Morgan fingerprint density at radius 2 is 2.05 bits per heavy atom. The molecule has 0 spiro atoms. The van der Waals surface area contributed by atoms with Crippen molar-refractivity contribution in [2.75, 3.05) is 17.6 Å². The molecule has 0 atom stereocenters. The molecule has 0 aliphatic heterocycles. The first kappa shape index (κ1) is 15.5.